The zero-order chi connectivity index (χ0) is 16.9. The molecule has 1 amide bonds. The number of nitrogens with zero attached hydrogens (tertiary/aromatic N) is 1. The molecule has 0 aliphatic heterocycles. The van der Waals surface area contributed by atoms with E-state index < -0.39 is 17.4 Å². The maximum Gasteiger partial charge on any atom is 0.326 e. The summed E-state index contributed by atoms with van der Waals surface area (Å²) in [5.41, 5.74) is -1.09. The Morgan fingerprint density at radius 3 is 2.45 bits per heavy atom. The van der Waals surface area contributed by atoms with E-state index in [1.807, 2.05) is 13.8 Å². The van der Waals surface area contributed by atoms with Gasteiger partial charge in [0.25, 0.3) is 5.56 Å². The highest BCUT2D eigenvalue weighted by atomic mass is 16.4. The lowest BCUT2D eigenvalue weighted by molar-refractivity contribution is -0.144. The molecule has 1 unspecified atom stereocenters. The maximum absolute atomic E-state index is 12.4. The summed E-state index contributed by atoms with van der Waals surface area (Å²) < 4.78 is 1.44. The predicted octanol–water partition coefficient (Wildman–Crippen LogP) is 1.49. The number of carbonyl (C=O) groups excluding carboxylic acids is 1. The van der Waals surface area contributed by atoms with E-state index in [0.717, 1.165) is 0 Å². The fourth-order valence-electron chi connectivity index (χ4n) is 2.14. The molecule has 122 valence electrons. The van der Waals surface area contributed by atoms with Gasteiger partial charge in [-0.25, -0.2) is 4.79 Å². The summed E-state index contributed by atoms with van der Waals surface area (Å²) in [7, 11) is 0. The number of carboxylic acid groups (broad SMARTS) is 1. The third kappa shape index (κ3) is 5.02. The Morgan fingerprint density at radius 1 is 1.32 bits per heavy atom. The number of pyridine rings is 1. The Hall–Kier alpha value is -2.11. The van der Waals surface area contributed by atoms with Gasteiger partial charge in [-0.1, -0.05) is 19.9 Å². The molecular weight excluding hydrogens is 284 g/mol. The highest BCUT2D eigenvalue weighted by Crippen LogP contribution is 2.18. The largest absolute Gasteiger partial charge is 0.480 e. The predicted molar refractivity (Wildman–Crippen MR) is 83.5 cm³/mol. The van der Waals surface area contributed by atoms with Gasteiger partial charge in [-0.05, 0) is 32.3 Å². The van der Waals surface area contributed by atoms with Crippen LogP contribution in [0, 0.1) is 11.3 Å². The molecule has 1 rings (SSSR count). The van der Waals surface area contributed by atoms with Gasteiger partial charge < -0.3 is 15.0 Å². The highest BCUT2D eigenvalue weighted by molar-refractivity contribution is 5.86. The summed E-state index contributed by atoms with van der Waals surface area (Å²) in [6.07, 6.45) is 1.97. The average Bonchev–Trinajstić information content (AvgIpc) is 2.39. The molecule has 22 heavy (non-hydrogen) atoms. The third-order valence-electron chi connectivity index (χ3n) is 3.39. The summed E-state index contributed by atoms with van der Waals surface area (Å²) >= 11 is 0. The molecule has 0 bridgehead atoms. The van der Waals surface area contributed by atoms with E-state index in [1.54, 1.807) is 32.2 Å². The lowest BCUT2D eigenvalue weighted by Crippen LogP contribution is -2.49. The lowest BCUT2D eigenvalue weighted by atomic mass is 9.91. The minimum atomic E-state index is -1.05. The van der Waals surface area contributed by atoms with Crippen molar-refractivity contribution in [3.05, 3.63) is 34.7 Å². The number of amides is 1. The van der Waals surface area contributed by atoms with Gasteiger partial charge in [-0.15, -0.1) is 0 Å². The number of carbonyl (C=O) groups is 2. The maximum atomic E-state index is 12.4. The van der Waals surface area contributed by atoms with Crippen LogP contribution in [0.1, 0.15) is 34.1 Å². The van der Waals surface area contributed by atoms with Crippen LogP contribution in [-0.4, -0.2) is 27.6 Å². The van der Waals surface area contributed by atoms with E-state index in [-0.39, 0.29) is 23.9 Å². The Kier molecular flexibility index (Phi) is 5.91. The number of hydrogen-bond acceptors (Lipinski definition) is 3. The van der Waals surface area contributed by atoms with E-state index >= 15 is 0 Å². The second kappa shape index (κ2) is 7.24. The molecule has 0 fully saturated rings. The molecule has 1 atom stereocenters. The minimum absolute atomic E-state index is 0.154. The fourth-order valence-corrected chi connectivity index (χ4v) is 2.14. The molecule has 0 saturated heterocycles. The van der Waals surface area contributed by atoms with Crippen molar-refractivity contribution in [1.29, 1.82) is 0 Å². The average molecular weight is 308 g/mol. The van der Waals surface area contributed by atoms with Crippen molar-refractivity contribution in [3.8, 4) is 0 Å². The number of hydrogen-bond donors (Lipinski definition) is 2. The normalized spacial score (nSPS) is 13.0. The molecule has 0 spiro atoms. The van der Waals surface area contributed by atoms with E-state index in [1.165, 1.54) is 10.6 Å². The van der Waals surface area contributed by atoms with Crippen molar-refractivity contribution in [2.45, 2.75) is 46.7 Å². The first-order chi connectivity index (χ1) is 10.1. The van der Waals surface area contributed by atoms with Crippen LogP contribution in [0.25, 0.3) is 0 Å². The van der Waals surface area contributed by atoms with E-state index in [0.29, 0.717) is 6.42 Å². The standard InChI is InChI=1S/C16H24N2O4/c1-11(2)9-12(14(20)21)17-15(22)16(3,4)10-18-8-6-5-7-13(18)19/h5-8,11-12H,9-10H2,1-4H3,(H,17,22)(H,20,21). The van der Waals surface area contributed by atoms with E-state index in [2.05, 4.69) is 5.32 Å². The Balaban J connectivity index is 2.83. The number of nitrogens with one attached hydrogen (secondary N) is 1. The Bertz CT molecular complexity index is 590. The summed E-state index contributed by atoms with van der Waals surface area (Å²) in [5.74, 6) is -1.27. The molecule has 0 aromatic carbocycles. The monoisotopic (exact) mass is 308 g/mol. The molecule has 0 aliphatic rings. The summed E-state index contributed by atoms with van der Waals surface area (Å²) in [5, 5.41) is 11.8. The smallest absolute Gasteiger partial charge is 0.326 e. The van der Waals surface area contributed by atoms with Crippen LogP contribution >= 0.6 is 0 Å². The highest BCUT2D eigenvalue weighted by Gasteiger charge is 2.32. The quantitative estimate of drug-likeness (QED) is 0.799. The molecule has 0 radical (unpaired) electrons. The van der Waals surface area contributed by atoms with Crippen molar-refractivity contribution in [2.24, 2.45) is 11.3 Å². The van der Waals surface area contributed by atoms with Gasteiger partial charge in [0, 0.05) is 18.8 Å². The van der Waals surface area contributed by atoms with Crippen LogP contribution in [0.2, 0.25) is 0 Å². The first-order valence-corrected chi connectivity index (χ1v) is 7.32. The zero-order valence-electron chi connectivity index (χ0n) is 13.5. The molecule has 6 heteroatoms. The first-order valence-electron chi connectivity index (χ1n) is 7.32. The van der Waals surface area contributed by atoms with Crippen molar-refractivity contribution in [2.75, 3.05) is 0 Å². The molecule has 0 saturated carbocycles. The van der Waals surface area contributed by atoms with E-state index in [9.17, 15) is 19.5 Å². The molecule has 1 aromatic heterocycles. The molecular formula is C16H24N2O4. The Morgan fingerprint density at radius 2 is 1.95 bits per heavy atom. The lowest BCUT2D eigenvalue weighted by Gasteiger charge is -2.27. The van der Waals surface area contributed by atoms with Crippen molar-refractivity contribution in [3.63, 3.8) is 0 Å². The van der Waals surface area contributed by atoms with Gasteiger partial charge in [0.15, 0.2) is 0 Å². The molecule has 1 heterocycles. The number of carboxylic acids is 1. The van der Waals surface area contributed by atoms with Crippen molar-refractivity contribution >= 4 is 11.9 Å². The SMILES string of the molecule is CC(C)CC(NC(=O)C(C)(C)Cn1ccccc1=O)C(=O)O. The summed E-state index contributed by atoms with van der Waals surface area (Å²) in [4.78, 5) is 35.4. The number of aromatic nitrogens is 1. The second-order valence-electron chi connectivity index (χ2n) is 6.54. The molecule has 2 N–H and O–H groups in total. The first kappa shape index (κ1) is 17.9. The molecule has 6 nitrogen and oxygen atoms in total. The van der Waals surface area contributed by atoms with Crippen LogP contribution in [0.5, 0.6) is 0 Å². The van der Waals surface area contributed by atoms with Crippen molar-refractivity contribution in [1.82, 2.24) is 9.88 Å². The Labute approximate surface area is 130 Å². The number of aliphatic carboxylic acids is 1. The van der Waals surface area contributed by atoms with Gasteiger partial charge in [0.1, 0.15) is 6.04 Å². The second-order valence-corrected chi connectivity index (χ2v) is 6.54. The van der Waals surface area contributed by atoms with Gasteiger partial charge in [0.2, 0.25) is 5.91 Å². The van der Waals surface area contributed by atoms with Crippen LogP contribution in [0.3, 0.4) is 0 Å². The number of rotatable bonds is 7. The van der Waals surface area contributed by atoms with Crippen LogP contribution < -0.4 is 10.9 Å². The van der Waals surface area contributed by atoms with Gasteiger partial charge in [0.05, 0.1) is 5.41 Å². The molecule has 0 aliphatic carbocycles. The topological polar surface area (TPSA) is 88.4 Å². The van der Waals surface area contributed by atoms with E-state index in [4.69, 9.17) is 0 Å². The van der Waals surface area contributed by atoms with Crippen LogP contribution in [0.4, 0.5) is 0 Å². The minimum Gasteiger partial charge on any atom is -0.480 e. The third-order valence-corrected chi connectivity index (χ3v) is 3.39. The summed E-state index contributed by atoms with van der Waals surface area (Å²) in [6.45, 7) is 7.37. The molecule has 1 aromatic rings. The van der Waals surface area contributed by atoms with Crippen LogP contribution in [0.15, 0.2) is 29.2 Å². The van der Waals surface area contributed by atoms with Gasteiger partial charge >= 0.3 is 5.97 Å². The van der Waals surface area contributed by atoms with Crippen LogP contribution in [-0.2, 0) is 16.1 Å². The summed E-state index contributed by atoms with van der Waals surface area (Å²) in [6, 6.07) is 3.86. The fraction of sp³-hybridized carbons (Fsp3) is 0.562. The zero-order valence-corrected chi connectivity index (χ0v) is 13.5. The van der Waals surface area contributed by atoms with Crippen molar-refractivity contribution < 1.29 is 14.7 Å². The van der Waals surface area contributed by atoms with Gasteiger partial charge in [-0.3, -0.25) is 9.59 Å². The van der Waals surface area contributed by atoms with Gasteiger partial charge in [-0.2, -0.15) is 0 Å².